The van der Waals surface area contributed by atoms with Crippen molar-refractivity contribution in [1.29, 1.82) is 0 Å². The summed E-state index contributed by atoms with van der Waals surface area (Å²) >= 11 is 7.92. The van der Waals surface area contributed by atoms with Crippen LogP contribution in [0.25, 0.3) is 0 Å². The van der Waals surface area contributed by atoms with E-state index < -0.39 is 0 Å². The predicted octanol–water partition coefficient (Wildman–Crippen LogP) is 4.15. The summed E-state index contributed by atoms with van der Waals surface area (Å²) < 4.78 is 1.28. The van der Waals surface area contributed by atoms with Gasteiger partial charge in [-0.05, 0) is 59.7 Å². The largest absolute Gasteiger partial charge is 0.381 e. The van der Waals surface area contributed by atoms with Crippen molar-refractivity contribution < 1.29 is 0 Å². The Kier molecular flexibility index (Phi) is 4.75. The zero-order chi connectivity index (χ0) is 10.6. The van der Waals surface area contributed by atoms with Gasteiger partial charge in [-0.1, -0.05) is 17.7 Å². The average Bonchev–Trinajstić information content (AvgIpc) is 2.20. The van der Waals surface area contributed by atoms with Gasteiger partial charge in [0, 0.05) is 21.3 Å². The SMILES string of the molecule is C/C(=C/Cl)CNc1cccc(I)c1C. The van der Waals surface area contributed by atoms with Crippen LogP contribution in [0, 0.1) is 10.5 Å². The number of nitrogens with one attached hydrogen (secondary N) is 1. The summed E-state index contributed by atoms with van der Waals surface area (Å²) in [7, 11) is 0. The molecule has 0 saturated heterocycles. The van der Waals surface area contributed by atoms with E-state index in [-0.39, 0.29) is 0 Å². The van der Waals surface area contributed by atoms with Crippen LogP contribution < -0.4 is 5.32 Å². The summed E-state index contributed by atoms with van der Waals surface area (Å²) in [6.07, 6.45) is 0. The average molecular weight is 322 g/mol. The van der Waals surface area contributed by atoms with Crippen LogP contribution in [0.2, 0.25) is 0 Å². The lowest BCUT2D eigenvalue weighted by molar-refractivity contribution is 1.20. The fourth-order valence-electron chi connectivity index (χ4n) is 1.07. The molecule has 0 aliphatic carbocycles. The Labute approximate surface area is 104 Å². The fourth-order valence-corrected chi connectivity index (χ4v) is 1.65. The Morgan fingerprint density at radius 3 is 2.93 bits per heavy atom. The summed E-state index contributed by atoms with van der Waals surface area (Å²) in [4.78, 5) is 0. The molecule has 0 amide bonds. The van der Waals surface area contributed by atoms with Gasteiger partial charge >= 0.3 is 0 Å². The molecule has 0 heterocycles. The van der Waals surface area contributed by atoms with E-state index in [1.807, 2.05) is 6.92 Å². The van der Waals surface area contributed by atoms with Crippen molar-refractivity contribution in [2.75, 3.05) is 11.9 Å². The van der Waals surface area contributed by atoms with Gasteiger partial charge in [0.05, 0.1) is 0 Å². The molecule has 0 fully saturated rings. The highest BCUT2D eigenvalue weighted by molar-refractivity contribution is 14.1. The minimum atomic E-state index is 0.796. The maximum Gasteiger partial charge on any atom is 0.0383 e. The van der Waals surface area contributed by atoms with Gasteiger partial charge in [0.2, 0.25) is 0 Å². The number of hydrogen-bond donors (Lipinski definition) is 1. The lowest BCUT2D eigenvalue weighted by atomic mass is 10.2. The zero-order valence-corrected chi connectivity index (χ0v) is 11.2. The topological polar surface area (TPSA) is 12.0 Å². The normalized spacial score (nSPS) is 11.6. The minimum Gasteiger partial charge on any atom is -0.381 e. The number of halogens is 2. The third kappa shape index (κ3) is 3.17. The third-order valence-corrected chi connectivity index (χ3v) is 3.55. The van der Waals surface area contributed by atoms with Crippen molar-refractivity contribution in [1.82, 2.24) is 0 Å². The van der Waals surface area contributed by atoms with Crippen LogP contribution in [0.5, 0.6) is 0 Å². The Hall–Kier alpha value is -0.220. The van der Waals surface area contributed by atoms with E-state index in [9.17, 15) is 0 Å². The smallest absolute Gasteiger partial charge is 0.0383 e. The first-order valence-electron chi connectivity index (χ1n) is 4.40. The molecule has 1 nitrogen and oxygen atoms in total. The minimum absolute atomic E-state index is 0.796. The lowest BCUT2D eigenvalue weighted by Crippen LogP contribution is -2.04. The van der Waals surface area contributed by atoms with Crippen molar-refractivity contribution in [2.24, 2.45) is 0 Å². The Balaban J connectivity index is 2.73. The molecule has 0 radical (unpaired) electrons. The van der Waals surface area contributed by atoms with Crippen LogP contribution in [0.3, 0.4) is 0 Å². The molecule has 14 heavy (non-hydrogen) atoms. The summed E-state index contributed by atoms with van der Waals surface area (Å²) in [6, 6.07) is 6.24. The zero-order valence-electron chi connectivity index (χ0n) is 8.27. The van der Waals surface area contributed by atoms with Gasteiger partial charge in [-0.2, -0.15) is 0 Å². The van der Waals surface area contributed by atoms with Crippen LogP contribution in [0.15, 0.2) is 29.3 Å². The molecule has 0 aromatic heterocycles. The number of anilines is 1. The van der Waals surface area contributed by atoms with Crippen LogP contribution in [-0.4, -0.2) is 6.54 Å². The van der Waals surface area contributed by atoms with E-state index >= 15 is 0 Å². The molecular formula is C11H13ClIN. The highest BCUT2D eigenvalue weighted by atomic mass is 127. The lowest BCUT2D eigenvalue weighted by Gasteiger charge is -2.10. The maximum absolute atomic E-state index is 5.59. The van der Waals surface area contributed by atoms with Crippen LogP contribution in [0.4, 0.5) is 5.69 Å². The van der Waals surface area contributed by atoms with Gasteiger partial charge in [0.15, 0.2) is 0 Å². The molecule has 0 atom stereocenters. The Morgan fingerprint density at radius 2 is 2.29 bits per heavy atom. The van der Waals surface area contributed by atoms with Gasteiger partial charge in [-0.15, -0.1) is 0 Å². The van der Waals surface area contributed by atoms with Crippen LogP contribution in [0.1, 0.15) is 12.5 Å². The first-order valence-corrected chi connectivity index (χ1v) is 5.91. The van der Waals surface area contributed by atoms with Crippen molar-refractivity contribution in [2.45, 2.75) is 13.8 Å². The molecule has 76 valence electrons. The van der Waals surface area contributed by atoms with Crippen molar-refractivity contribution >= 4 is 39.9 Å². The number of hydrogen-bond acceptors (Lipinski definition) is 1. The first-order chi connectivity index (χ1) is 6.65. The molecule has 1 aromatic rings. The summed E-state index contributed by atoms with van der Waals surface area (Å²) in [5, 5.41) is 3.35. The van der Waals surface area contributed by atoms with Crippen molar-refractivity contribution in [3.63, 3.8) is 0 Å². The second-order valence-electron chi connectivity index (χ2n) is 3.22. The number of rotatable bonds is 3. The van der Waals surface area contributed by atoms with Gasteiger partial charge in [0.25, 0.3) is 0 Å². The third-order valence-electron chi connectivity index (χ3n) is 2.01. The monoisotopic (exact) mass is 321 g/mol. The molecule has 0 unspecified atom stereocenters. The molecule has 1 aromatic carbocycles. The predicted molar refractivity (Wildman–Crippen MR) is 72.0 cm³/mol. The van der Waals surface area contributed by atoms with Crippen LogP contribution >= 0.6 is 34.2 Å². The van der Waals surface area contributed by atoms with Gasteiger partial charge < -0.3 is 5.32 Å². The van der Waals surface area contributed by atoms with E-state index in [1.54, 1.807) is 5.54 Å². The summed E-state index contributed by atoms with van der Waals surface area (Å²) in [5.41, 5.74) is 5.20. The second-order valence-corrected chi connectivity index (χ2v) is 4.60. The van der Waals surface area contributed by atoms with Gasteiger partial charge in [-0.25, -0.2) is 0 Å². The molecule has 1 N–H and O–H groups in total. The molecule has 0 aliphatic heterocycles. The van der Waals surface area contributed by atoms with E-state index in [1.165, 1.54) is 14.8 Å². The van der Waals surface area contributed by atoms with Crippen LogP contribution in [-0.2, 0) is 0 Å². The first kappa shape index (κ1) is 11.9. The fraction of sp³-hybridized carbons (Fsp3) is 0.273. The van der Waals surface area contributed by atoms with E-state index in [0.29, 0.717) is 0 Å². The van der Waals surface area contributed by atoms with E-state index in [0.717, 1.165) is 12.1 Å². The Morgan fingerprint density at radius 1 is 1.57 bits per heavy atom. The molecule has 0 bridgehead atoms. The highest BCUT2D eigenvalue weighted by Gasteiger charge is 2.00. The van der Waals surface area contributed by atoms with E-state index in [2.05, 4.69) is 53.0 Å². The van der Waals surface area contributed by atoms with Gasteiger partial charge in [0.1, 0.15) is 0 Å². The molecule has 0 spiro atoms. The maximum atomic E-state index is 5.59. The summed E-state index contributed by atoms with van der Waals surface area (Å²) in [5.74, 6) is 0. The van der Waals surface area contributed by atoms with Gasteiger partial charge in [-0.3, -0.25) is 0 Å². The summed E-state index contributed by atoms with van der Waals surface area (Å²) in [6.45, 7) is 4.91. The molecular weight excluding hydrogens is 308 g/mol. The standard InChI is InChI=1S/C11H13ClIN/c1-8(6-12)7-14-11-5-3-4-10(13)9(11)2/h3-6,14H,7H2,1-2H3/b8-6-. The molecule has 0 aliphatic rings. The van der Waals surface area contributed by atoms with Crippen molar-refractivity contribution in [3.05, 3.63) is 38.4 Å². The molecule has 0 saturated carbocycles. The Bertz CT molecular complexity index is 347. The van der Waals surface area contributed by atoms with E-state index in [4.69, 9.17) is 11.6 Å². The quantitative estimate of drug-likeness (QED) is 0.825. The second kappa shape index (κ2) is 5.61. The number of benzene rings is 1. The molecule has 3 heteroatoms. The molecule has 1 rings (SSSR count). The highest BCUT2D eigenvalue weighted by Crippen LogP contribution is 2.20. The van der Waals surface area contributed by atoms with Crippen molar-refractivity contribution in [3.8, 4) is 0 Å².